The van der Waals surface area contributed by atoms with E-state index in [2.05, 4.69) is 30.5 Å². The molecule has 0 saturated heterocycles. The number of phosphoric acid groups is 1. The number of phosphoric ester groups is 1. The van der Waals surface area contributed by atoms with Crippen molar-refractivity contribution in [3.8, 4) is 0 Å². The van der Waals surface area contributed by atoms with E-state index in [-0.39, 0.29) is 19.4 Å². The Morgan fingerprint density at radius 2 is 0.847 bits per heavy atom. The zero-order valence-electron chi connectivity index (χ0n) is 37.9. The summed E-state index contributed by atoms with van der Waals surface area (Å²) in [6.45, 7) is 2.82. The molecule has 0 aliphatic carbocycles. The largest absolute Gasteiger partial charge is 0.480 e. The average molecular weight is 860 g/mol. The van der Waals surface area contributed by atoms with Gasteiger partial charge in [0.05, 0.1) is 13.2 Å². The number of hydrogen-bond donors (Lipinski definition) is 3. The van der Waals surface area contributed by atoms with Crippen molar-refractivity contribution < 1.29 is 47.5 Å². The number of carbonyl (C=O) groups excluding carboxylic acids is 2. The van der Waals surface area contributed by atoms with Crippen molar-refractivity contribution >= 4 is 25.7 Å². The molecule has 348 valence electrons. The van der Waals surface area contributed by atoms with Crippen LogP contribution in [0.4, 0.5) is 0 Å². The molecule has 0 bridgehead atoms. The molecule has 0 aromatic carbocycles. The first kappa shape index (κ1) is 57.2. The molecule has 0 aliphatic rings. The number of carboxylic acids is 1. The van der Waals surface area contributed by atoms with Crippen LogP contribution in [0.1, 0.15) is 239 Å². The van der Waals surface area contributed by atoms with Crippen molar-refractivity contribution in [2.45, 2.75) is 251 Å². The van der Waals surface area contributed by atoms with Gasteiger partial charge in [0.2, 0.25) is 0 Å². The Morgan fingerprint density at radius 3 is 1.25 bits per heavy atom. The highest BCUT2D eigenvalue weighted by molar-refractivity contribution is 7.47. The molecule has 0 heterocycles. The van der Waals surface area contributed by atoms with Gasteiger partial charge >= 0.3 is 25.7 Å². The summed E-state index contributed by atoms with van der Waals surface area (Å²) in [5.74, 6) is -2.37. The molecule has 3 atom stereocenters. The molecule has 0 rings (SSSR count). The number of unbranched alkanes of at least 4 members (excludes halogenated alkanes) is 30. The molecular formula is C47H90NO10P. The highest BCUT2D eigenvalue weighted by Gasteiger charge is 2.28. The molecule has 0 fully saturated rings. The minimum atomic E-state index is -4.71. The monoisotopic (exact) mass is 860 g/mol. The second kappa shape index (κ2) is 42.9. The number of ether oxygens (including phenoxy) is 2. The average Bonchev–Trinajstić information content (AvgIpc) is 3.21. The Hall–Kier alpha value is -1.78. The number of allylic oxidation sites excluding steroid dienone is 2. The predicted molar refractivity (Wildman–Crippen MR) is 240 cm³/mol. The van der Waals surface area contributed by atoms with Crippen molar-refractivity contribution in [2.24, 2.45) is 5.73 Å². The van der Waals surface area contributed by atoms with E-state index in [9.17, 15) is 23.8 Å². The third kappa shape index (κ3) is 42.7. The third-order valence-electron chi connectivity index (χ3n) is 10.8. The molecule has 59 heavy (non-hydrogen) atoms. The highest BCUT2D eigenvalue weighted by atomic mass is 31.2. The molecule has 0 saturated carbocycles. The Morgan fingerprint density at radius 1 is 0.508 bits per heavy atom. The molecule has 0 amide bonds. The summed E-state index contributed by atoms with van der Waals surface area (Å²) >= 11 is 0. The Kier molecular flexibility index (Phi) is 41.6. The van der Waals surface area contributed by atoms with Crippen LogP contribution in [0.3, 0.4) is 0 Å². The molecular weight excluding hydrogens is 769 g/mol. The van der Waals surface area contributed by atoms with Crippen LogP contribution in [0.15, 0.2) is 12.2 Å². The number of carboxylic acid groups (broad SMARTS) is 1. The third-order valence-corrected chi connectivity index (χ3v) is 11.7. The minimum absolute atomic E-state index is 0.155. The van der Waals surface area contributed by atoms with E-state index >= 15 is 0 Å². The number of nitrogens with two attached hydrogens (primary N) is 1. The first-order valence-corrected chi connectivity index (χ1v) is 25.7. The Labute approximate surface area is 360 Å². The maximum Gasteiger partial charge on any atom is 0.472 e. The van der Waals surface area contributed by atoms with Crippen molar-refractivity contribution in [1.29, 1.82) is 0 Å². The first-order valence-electron chi connectivity index (χ1n) is 24.2. The van der Waals surface area contributed by atoms with Gasteiger partial charge in [-0.15, -0.1) is 0 Å². The summed E-state index contributed by atoms with van der Waals surface area (Å²) in [6.07, 6.45) is 44.3. The minimum Gasteiger partial charge on any atom is -0.480 e. The number of aliphatic carboxylic acids is 1. The van der Waals surface area contributed by atoms with Gasteiger partial charge in [0.15, 0.2) is 6.10 Å². The fourth-order valence-corrected chi connectivity index (χ4v) is 7.72. The van der Waals surface area contributed by atoms with Crippen LogP contribution in [-0.4, -0.2) is 59.9 Å². The smallest absolute Gasteiger partial charge is 0.472 e. The summed E-state index contributed by atoms with van der Waals surface area (Å²) in [4.78, 5) is 46.0. The molecule has 0 aromatic heterocycles. The van der Waals surface area contributed by atoms with E-state index < -0.39 is 51.1 Å². The quantitative estimate of drug-likeness (QED) is 0.0230. The molecule has 0 radical (unpaired) electrons. The molecule has 4 N–H and O–H groups in total. The SMILES string of the molecule is CCCCCC/C=C/CCCCCCCC(=O)O[C@@H](COC(=O)CCCCCCCCCCCCCCCCCCCCCCCC)COP(=O)(O)OC[C@@H](N)C(=O)O. The van der Waals surface area contributed by atoms with Crippen LogP contribution in [0.5, 0.6) is 0 Å². The van der Waals surface area contributed by atoms with E-state index in [1.165, 1.54) is 141 Å². The summed E-state index contributed by atoms with van der Waals surface area (Å²) in [5.41, 5.74) is 5.34. The van der Waals surface area contributed by atoms with Gasteiger partial charge in [-0.05, 0) is 38.5 Å². The van der Waals surface area contributed by atoms with Crippen LogP contribution in [0, 0.1) is 0 Å². The Bertz CT molecular complexity index is 1060. The van der Waals surface area contributed by atoms with E-state index in [1.807, 2.05) is 0 Å². The molecule has 11 nitrogen and oxygen atoms in total. The predicted octanol–water partition coefficient (Wildman–Crippen LogP) is 13.2. The van der Waals surface area contributed by atoms with Gasteiger partial charge in [-0.25, -0.2) is 4.57 Å². The van der Waals surface area contributed by atoms with Crippen LogP contribution >= 0.6 is 7.82 Å². The summed E-state index contributed by atoms with van der Waals surface area (Å²) < 4.78 is 32.7. The van der Waals surface area contributed by atoms with Gasteiger partial charge in [-0.2, -0.15) is 0 Å². The molecule has 0 aliphatic heterocycles. The fraction of sp³-hybridized carbons (Fsp3) is 0.894. The topological polar surface area (TPSA) is 172 Å². The van der Waals surface area contributed by atoms with Gasteiger partial charge in [-0.1, -0.05) is 199 Å². The van der Waals surface area contributed by atoms with E-state index in [0.29, 0.717) is 12.8 Å². The lowest BCUT2D eigenvalue weighted by Crippen LogP contribution is -2.34. The van der Waals surface area contributed by atoms with Crippen LogP contribution < -0.4 is 5.73 Å². The second-order valence-electron chi connectivity index (χ2n) is 16.6. The normalized spacial score (nSPS) is 13.7. The summed E-state index contributed by atoms with van der Waals surface area (Å²) in [6, 6.07) is -1.52. The van der Waals surface area contributed by atoms with Crippen molar-refractivity contribution in [3.05, 3.63) is 12.2 Å². The lowest BCUT2D eigenvalue weighted by molar-refractivity contribution is -0.161. The number of esters is 2. The zero-order valence-corrected chi connectivity index (χ0v) is 38.8. The summed E-state index contributed by atoms with van der Waals surface area (Å²) in [7, 11) is -4.71. The lowest BCUT2D eigenvalue weighted by Gasteiger charge is -2.20. The first-order chi connectivity index (χ1) is 28.6. The number of carbonyl (C=O) groups is 3. The Balaban J connectivity index is 4.18. The second-order valence-corrected chi connectivity index (χ2v) is 18.1. The van der Waals surface area contributed by atoms with Crippen LogP contribution in [-0.2, 0) is 37.5 Å². The van der Waals surface area contributed by atoms with Crippen molar-refractivity contribution in [2.75, 3.05) is 19.8 Å². The maximum atomic E-state index is 12.6. The standard InChI is InChI=1S/C47H90NO10P/c1-3-5-7-9-11-13-15-17-18-19-20-21-22-23-24-25-27-28-30-32-34-36-38-45(49)55-40-43(41-56-59(53,54)57-42-44(48)47(51)52)58-46(50)39-37-35-33-31-29-26-16-14-12-10-8-6-4-2/h14,16,43-44H,3-13,15,17-42,48H2,1-2H3,(H,51,52)(H,53,54)/b16-14+/t43-,44+/m0/s1. The van der Waals surface area contributed by atoms with E-state index in [0.717, 1.165) is 57.8 Å². The van der Waals surface area contributed by atoms with Crippen LogP contribution in [0.25, 0.3) is 0 Å². The van der Waals surface area contributed by atoms with Gasteiger partial charge in [0.1, 0.15) is 12.6 Å². The van der Waals surface area contributed by atoms with E-state index in [1.54, 1.807) is 0 Å². The van der Waals surface area contributed by atoms with Crippen molar-refractivity contribution in [3.63, 3.8) is 0 Å². The van der Waals surface area contributed by atoms with Gasteiger partial charge in [0, 0.05) is 12.8 Å². The van der Waals surface area contributed by atoms with Crippen LogP contribution in [0.2, 0.25) is 0 Å². The van der Waals surface area contributed by atoms with Crippen molar-refractivity contribution in [1.82, 2.24) is 0 Å². The highest BCUT2D eigenvalue weighted by Crippen LogP contribution is 2.43. The molecule has 1 unspecified atom stereocenters. The maximum absolute atomic E-state index is 12.6. The van der Waals surface area contributed by atoms with E-state index in [4.69, 9.17) is 24.8 Å². The summed E-state index contributed by atoms with van der Waals surface area (Å²) in [5, 5.41) is 8.90. The van der Waals surface area contributed by atoms with Gasteiger partial charge < -0.3 is 25.2 Å². The van der Waals surface area contributed by atoms with Gasteiger partial charge in [-0.3, -0.25) is 23.4 Å². The van der Waals surface area contributed by atoms with Gasteiger partial charge in [0.25, 0.3) is 0 Å². The molecule has 0 spiro atoms. The zero-order chi connectivity index (χ0) is 43.5. The lowest BCUT2D eigenvalue weighted by atomic mass is 10.0. The number of hydrogen-bond acceptors (Lipinski definition) is 9. The molecule has 12 heteroatoms. The molecule has 0 aromatic rings. The fourth-order valence-electron chi connectivity index (χ4n) is 6.94. The number of rotatable bonds is 46.